The summed E-state index contributed by atoms with van der Waals surface area (Å²) in [6.45, 7) is 13.7. The van der Waals surface area contributed by atoms with Gasteiger partial charge in [0, 0.05) is 22.3 Å². The van der Waals surface area contributed by atoms with Crippen molar-refractivity contribution in [3.05, 3.63) is 77.4 Å². The van der Waals surface area contributed by atoms with E-state index in [1.54, 1.807) is 30.3 Å². The van der Waals surface area contributed by atoms with Gasteiger partial charge in [0.1, 0.15) is 5.75 Å². The highest BCUT2D eigenvalue weighted by atomic mass is 16.5. The van der Waals surface area contributed by atoms with Crippen LogP contribution >= 0.6 is 0 Å². The summed E-state index contributed by atoms with van der Waals surface area (Å²) in [7, 11) is 0. The minimum absolute atomic E-state index is 0.00999. The first-order chi connectivity index (χ1) is 18.4. The summed E-state index contributed by atoms with van der Waals surface area (Å²) in [5.74, 6) is -0.0105. The van der Waals surface area contributed by atoms with E-state index >= 15 is 0 Å². The van der Waals surface area contributed by atoms with Crippen molar-refractivity contribution in [2.75, 3.05) is 6.61 Å². The van der Waals surface area contributed by atoms with Crippen LogP contribution in [0.2, 0.25) is 0 Å². The minimum atomic E-state index is -0.220. The lowest BCUT2D eigenvalue weighted by molar-refractivity contribution is 0.103. The topological polar surface area (TPSA) is 66.8 Å². The third-order valence-electron chi connectivity index (χ3n) is 7.20. The number of unbranched alkanes of at least 4 members (excludes halogenated alkanes) is 5. The van der Waals surface area contributed by atoms with Gasteiger partial charge < -0.3 is 14.9 Å². The van der Waals surface area contributed by atoms with Crippen molar-refractivity contribution in [3.63, 3.8) is 0 Å². The van der Waals surface area contributed by atoms with Crippen molar-refractivity contribution in [1.82, 2.24) is 0 Å². The summed E-state index contributed by atoms with van der Waals surface area (Å²) in [4.78, 5) is 13.6. The van der Waals surface area contributed by atoms with Gasteiger partial charge in [0.15, 0.2) is 17.3 Å². The molecule has 0 saturated carbocycles. The first kappa shape index (κ1) is 30.3. The molecule has 0 unspecified atom stereocenters. The van der Waals surface area contributed by atoms with Crippen molar-refractivity contribution in [2.24, 2.45) is 5.41 Å². The fraction of sp³-hybridized carbons (Fsp3) is 0.457. The van der Waals surface area contributed by atoms with E-state index in [1.165, 1.54) is 25.7 Å². The number of benzene rings is 3. The summed E-state index contributed by atoms with van der Waals surface area (Å²) in [6.07, 6.45) is 7.75. The fourth-order valence-electron chi connectivity index (χ4n) is 5.55. The molecular formula is C35H46O4. The zero-order valence-electron chi connectivity index (χ0n) is 24.6. The Morgan fingerprint density at radius 2 is 1.49 bits per heavy atom. The van der Waals surface area contributed by atoms with E-state index in [-0.39, 0.29) is 28.1 Å². The number of carbonyl (C=O) groups is 1. The van der Waals surface area contributed by atoms with Crippen molar-refractivity contribution in [2.45, 2.75) is 91.9 Å². The van der Waals surface area contributed by atoms with Gasteiger partial charge in [-0.3, -0.25) is 4.79 Å². The second-order valence-electron chi connectivity index (χ2n) is 12.5. The molecule has 0 amide bonds. The van der Waals surface area contributed by atoms with Gasteiger partial charge in [-0.05, 0) is 53.5 Å². The van der Waals surface area contributed by atoms with E-state index < -0.39 is 0 Å². The molecule has 4 nitrogen and oxygen atoms in total. The van der Waals surface area contributed by atoms with Gasteiger partial charge in [-0.2, -0.15) is 0 Å². The quantitative estimate of drug-likeness (QED) is 0.171. The number of aromatic hydroxyl groups is 2. The highest BCUT2D eigenvalue weighted by Gasteiger charge is 2.29. The van der Waals surface area contributed by atoms with E-state index in [9.17, 15) is 15.0 Å². The summed E-state index contributed by atoms with van der Waals surface area (Å²) in [5, 5.41) is 22.5. The fourth-order valence-corrected chi connectivity index (χ4v) is 5.55. The molecule has 39 heavy (non-hydrogen) atoms. The van der Waals surface area contributed by atoms with Crippen LogP contribution in [0.15, 0.2) is 60.7 Å². The molecule has 0 aliphatic rings. The Kier molecular flexibility index (Phi) is 10.2. The first-order valence-electron chi connectivity index (χ1n) is 14.4. The Hall–Kier alpha value is -3.27. The minimum Gasteiger partial charge on any atom is -0.507 e. The van der Waals surface area contributed by atoms with E-state index in [4.69, 9.17) is 4.74 Å². The maximum absolute atomic E-state index is 13.6. The number of ketones is 1. The van der Waals surface area contributed by atoms with Crippen molar-refractivity contribution in [3.8, 4) is 28.4 Å². The van der Waals surface area contributed by atoms with Crippen molar-refractivity contribution in [1.29, 1.82) is 0 Å². The molecule has 0 aliphatic carbocycles. The van der Waals surface area contributed by atoms with Gasteiger partial charge >= 0.3 is 0 Å². The van der Waals surface area contributed by atoms with Crippen LogP contribution < -0.4 is 4.74 Å². The molecule has 0 saturated heterocycles. The second-order valence-corrected chi connectivity index (χ2v) is 12.5. The zero-order valence-corrected chi connectivity index (χ0v) is 24.6. The third kappa shape index (κ3) is 8.11. The predicted molar refractivity (Wildman–Crippen MR) is 161 cm³/mol. The van der Waals surface area contributed by atoms with Crippen LogP contribution in [0, 0.1) is 5.41 Å². The van der Waals surface area contributed by atoms with Crippen LogP contribution in [0.5, 0.6) is 17.2 Å². The molecule has 3 aromatic rings. The molecule has 210 valence electrons. The number of hydrogen-bond acceptors (Lipinski definition) is 4. The number of hydrogen-bond donors (Lipinski definition) is 2. The lowest BCUT2D eigenvalue weighted by Gasteiger charge is -2.33. The van der Waals surface area contributed by atoms with Crippen LogP contribution in [-0.4, -0.2) is 22.6 Å². The summed E-state index contributed by atoms with van der Waals surface area (Å²) >= 11 is 0. The van der Waals surface area contributed by atoms with Gasteiger partial charge in [-0.25, -0.2) is 0 Å². The highest BCUT2D eigenvalue weighted by Crippen LogP contribution is 2.46. The van der Waals surface area contributed by atoms with Crippen LogP contribution in [0.25, 0.3) is 11.1 Å². The summed E-state index contributed by atoms with van der Waals surface area (Å²) < 4.78 is 6.01. The number of rotatable bonds is 13. The molecule has 0 fully saturated rings. The van der Waals surface area contributed by atoms with Crippen molar-refractivity contribution >= 4 is 5.78 Å². The molecule has 4 heteroatoms. The standard InChI is InChI=1S/C35H46O4/c1-7-8-9-10-11-15-22-39-30-21-19-27(32(37)25-16-13-12-14-17-25)31(33(30)38)28-23-26(18-20-29(28)36)35(5,6)24-34(2,3)4/h12-14,16-21,23,36,38H,7-11,15,22,24H2,1-6H3. The number of ether oxygens (including phenoxy) is 1. The Morgan fingerprint density at radius 1 is 0.821 bits per heavy atom. The molecule has 0 heterocycles. The third-order valence-corrected chi connectivity index (χ3v) is 7.20. The molecule has 0 radical (unpaired) electrons. The van der Waals surface area contributed by atoms with Gasteiger partial charge in [0.2, 0.25) is 0 Å². The lowest BCUT2D eigenvalue weighted by Crippen LogP contribution is -2.24. The normalized spacial score (nSPS) is 11.9. The highest BCUT2D eigenvalue weighted by molar-refractivity contribution is 6.14. The lowest BCUT2D eigenvalue weighted by atomic mass is 9.72. The van der Waals surface area contributed by atoms with E-state index in [0.29, 0.717) is 34.6 Å². The molecule has 3 rings (SSSR count). The molecule has 2 N–H and O–H groups in total. The Morgan fingerprint density at radius 3 is 2.15 bits per heavy atom. The van der Waals surface area contributed by atoms with Crippen LogP contribution in [0.1, 0.15) is 108 Å². The number of carbonyl (C=O) groups excluding carboxylic acids is 1. The summed E-state index contributed by atoms with van der Waals surface area (Å²) in [6, 6.07) is 17.9. The van der Waals surface area contributed by atoms with E-state index in [0.717, 1.165) is 24.8 Å². The van der Waals surface area contributed by atoms with E-state index in [2.05, 4.69) is 41.5 Å². The SMILES string of the molecule is CCCCCCCCOc1ccc(C(=O)c2ccccc2)c(-c2cc(C(C)(C)CC(C)(C)C)ccc2O)c1O. The Labute approximate surface area is 235 Å². The number of phenols is 2. The second kappa shape index (κ2) is 13.2. The molecule has 0 bridgehead atoms. The smallest absolute Gasteiger partial charge is 0.193 e. The maximum Gasteiger partial charge on any atom is 0.193 e. The van der Waals surface area contributed by atoms with Gasteiger partial charge in [-0.15, -0.1) is 0 Å². The first-order valence-corrected chi connectivity index (χ1v) is 14.4. The van der Waals surface area contributed by atoms with Gasteiger partial charge in [-0.1, -0.05) is 110 Å². The van der Waals surface area contributed by atoms with Crippen LogP contribution in [-0.2, 0) is 5.41 Å². The van der Waals surface area contributed by atoms with Gasteiger partial charge in [0.05, 0.1) is 6.61 Å². The molecule has 0 aromatic heterocycles. The average Bonchev–Trinajstić information content (AvgIpc) is 2.88. The number of phenolic OH excluding ortho intramolecular Hbond substituents is 2. The summed E-state index contributed by atoms with van der Waals surface area (Å²) in [5.41, 5.74) is 2.51. The molecule has 3 aromatic carbocycles. The average molecular weight is 531 g/mol. The Balaban J connectivity index is 2.04. The largest absolute Gasteiger partial charge is 0.507 e. The zero-order chi connectivity index (χ0) is 28.6. The Bertz CT molecular complexity index is 1240. The molecule has 0 aliphatic heterocycles. The predicted octanol–water partition coefficient (Wildman–Crippen LogP) is 9.45. The maximum atomic E-state index is 13.6. The molecular weight excluding hydrogens is 484 g/mol. The van der Waals surface area contributed by atoms with E-state index in [1.807, 2.05) is 30.3 Å². The van der Waals surface area contributed by atoms with Gasteiger partial charge in [0.25, 0.3) is 0 Å². The molecule has 0 atom stereocenters. The molecule has 0 spiro atoms. The van der Waals surface area contributed by atoms with Crippen molar-refractivity contribution < 1.29 is 19.7 Å². The van der Waals surface area contributed by atoms with Crippen LogP contribution in [0.3, 0.4) is 0 Å². The monoisotopic (exact) mass is 530 g/mol. The van der Waals surface area contributed by atoms with Crippen LogP contribution in [0.4, 0.5) is 0 Å².